The van der Waals surface area contributed by atoms with E-state index in [1.165, 1.54) is 11.4 Å². The SMILES string of the molecule is CCCCS(=O)(=O)N1CCc2ccc(S(=O)(=O)NC)cc2C1. The smallest absolute Gasteiger partial charge is 0.214 e. The second-order valence-electron chi connectivity index (χ2n) is 5.39. The minimum Gasteiger partial charge on any atom is -0.214 e. The van der Waals surface area contributed by atoms with Crippen LogP contribution in [0.1, 0.15) is 30.9 Å². The molecule has 0 fully saturated rings. The molecule has 1 aliphatic rings. The number of benzene rings is 1. The fraction of sp³-hybridized carbons (Fsp3) is 0.571. The molecule has 0 unspecified atom stereocenters. The van der Waals surface area contributed by atoms with Crippen molar-refractivity contribution >= 4 is 20.0 Å². The summed E-state index contributed by atoms with van der Waals surface area (Å²) < 4.78 is 52.0. The van der Waals surface area contributed by atoms with Crippen molar-refractivity contribution in [3.63, 3.8) is 0 Å². The Morgan fingerprint density at radius 1 is 1.18 bits per heavy atom. The van der Waals surface area contributed by atoms with Gasteiger partial charge >= 0.3 is 0 Å². The largest absolute Gasteiger partial charge is 0.240 e. The molecule has 0 aliphatic carbocycles. The zero-order valence-electron chi connectivity index (χ0n) is 12.9. The van der Waals surface area contributed by atoms with Crippen molar-refractivity contribution in [2.45, 2.75) is 37.6 Å². The van der Waals surface area contributed by atoms with Crippen LogP contribution >= 0.6 is 0 Å². The van der Waals surface area contributed by atoms with Crippen molar-refractivity contribution in [2.24, 2.45) is 0 Å². The fourth-order valence-corrected chi connectivity index (χ4v) is 4.88. The normalized spacial score (nSPS) is 16.5. The van der Waals surface area contributed by atoms with Crippen molar-refractivity contribution in [3.8, 4) is 0 Å². The monoisotopic (exact) mass is 346 g/mol. The summed E-state index contributed by atoms with van der Waals surface area (Å²) in [5, 5.41) is 0. The second-order valence-corrected chi connectivity index (χ2v) is 9.37. The number of rotatable bonds is 6. The summed E-state index contributed by atoms with van der Waals surface area (Å²) in [5.41, 5.74) is 1.78. The van der Waals surface area contributed by atoms with Gasteiger partial charge in [-0.2, -0.15) is 4.31 Å². The highest BCUT2D eigenvalue weighted by Crippen LogP contribution is 2.24. The Hall–Kier alpha value is -0.960. The van der Waals surface area contributed by atoms with Crippen molar-refractivity contribution < 1.29 is 16.8 Å². The average Bonchev–Trinajstić information content (AvgIpc) is 2.51. The zero-order chi connectivity index (χ0) is 16.4. The Morgan fingerprint density at radius 2 is 1.91 bits per heavy atom. The number of hydrogen-bond acceptors (Lipinski definition) is 4. The van der Waals surface area contributed by atoms with E-state index in [1.807, 2.05) is 6.92 Å². The van der Waals surface area contributed by atoms with Crippen LogP contribution in [-0.4, -0.2) is 40.5 Å². The lowest BCUT2D eigenvalue weighted by molar-refractivity contribution is 0.390. The van der Waals surface area contributed by atoms with E-state index in [4.69, 9.17) is 0 Å². The molecule has 2 rings (SSSR count). The predicted molar refractivity (Wildman–Crippen MR) is 85.5 cm³/mol. The lowest BCUT2D eigenvalue weighted by Gasteiger charge is -2.28. The van der Waals surface area contributed by atoms with Gasteiger partial charge in [0, 0.05) is 13.1 Å². The van der Waals surface area contributed by atoms with E-state index in [-0.39, 0.29) is 17.2 Å². The summed E-state index contributed by atoms with van der Waals surface area (Å²) in [6, 6.07) is 4.91. The first-order chi connectivity index (χ1) is 10.3. The summed E-state index contributed by atoms with van der Waals surface area (Å²) in [5.74, 6) is 0.146. The lowest BCUT2D eigenvalue weighted by Crippen LogP contribution is -2.37. The van der Waals surface area contributed by atoms with E-state index in [1.54, 1.807) is 18.2 Å². The molecule has 1 heterocycles. The first kappa shape index (κ1) is 17.4. The van der Waals surface area contributed by atoms with Gasteiger partial charge in [-0.05, 0) is 43.1 Å². The van der Waals surface area contributed by atoms with Gasteiger partial charge in [-0.15, -0.1) is 0 Å². The van der Waals surface area contributed by atoms with Crippen LogP contribution in [0.2, 0.25) is 0 Å². The summed E-state index contributed by atoms with van der Waals surface area (Å²) in [6.45, 7) is 2.65. The van der Waals surface area contributed by atoms with Gasteiger partial charge in [0.05, 0.1) is 10.6 Å². The number of fused-ring (bicyclic) bond motifs is 1. The Kier molecular flexibility index (Phi) is 5.26. The molecule has 8 heteroatoms. The number of nitrogens with one attached hydrogen (secondary N) is 1. The summed E-state index contributed by atoms with van der Waals surface area (Å²) in [4.78, 5) is 0.168. The first-order valence-corrected chi connectivity index (χ1v) is 10.4. The molecule has 0 bridgehead atoms. The number of nitrogens with zero attached hydrogens (tertiary/aromatic N) is 1. The molecule has 0 saturated heterocycles. The molecule has 0 saturated carbocycles. The van der Waals surface area contributed by atoms with Crippen molar-refractivity contribution in [2.75, 3.05) is 19.3 Å². The number of sulfonamides is 2. The number of unbranched alkanes of at least 4 members (excludes halogenated alkanes) is 1. The standard InChI is InChI=1S/C14H22N2O4S2/c1-3-4-9-21(17,18)16-8-7-12-5-6-14(10-13(12)11-16)22(19,20)15-2/h5-6,10,15H,3-4,7-9,11H2,1-2H3. The summed E-state index contributed by atoms with van der Waals surface area (Å²) in [7, 11) is -5.43. The Labute approximate surface area is 132 Å². The molecular formula is C14H22N2O4S2. The molecule has 1 aliphatic heterocycles. The maximum Gasteiger partial charge on any atom is 0.240 e. The molecule has 0 spiro atoms. The van der Waals surface area contributed by atoms with Crippen LogP contribution in [0.15, 0.2) is 23.1 Å². The van der Waals surface area contributed by atoms with Crippen molar-refractivity contribution in [1.82, 2.24) is 9.03 Å². The first-order valence-electron chi connectivity index (χ1n) is 7.33. The maximum atomic E-state index is 12.3. The van der Waals surface area contributed by atoms with Crippen LogP contribution in [-0.2, 0) is 33.0 Å². The van der Waals surface area contributed by atoms with E-state index >= 15 is 0 Å². The highest BCUT2D eigenvalue weighted by molar-refractivity contribution is 7.89. The number of hydrogen-bond donors (Lipinski definition) is 1. The third kappa shape index (κ3) is 3.68. The van der Waals surface area contributed by atoms with Crippen LogP contribution in [0, 0.1) is 0 Å². The topological polar surface area (TPSA) is 83.6 Å². The van der Waals surface area contributed by atoms with E-state index < -0.39 is 20.0 Å². The third-order valence-electron chi connectivity index (χ3n) is 3.88. The van der Waals surface area contributed by atoms with Crippen molar-refractivity contribution in [3.05, 3.63) is 29.3 Å². The molecule has 0 aromatic heterocycles. The van der Waals surface area contributed by atoms with Gasteiger partial charge in [0.1, 0.15) is 0 Å². The van der Waals surface area contributed by atoms with E-state index in [2.05, 4.69) is 4.72 Å². The second kappa shape index (κ2) is 6.66. The third-order valence-corrected chi connectivity index (χ3v) is 7.20. The minimum absolute atomic E-state index is 0.146. The molecule has 22 heavy (non-hydrogen) atoms. The highest BCUT2D eigenvalue weighted by Gasteiger charge is 2.27. The highest BCUT2D eigenvalue weighted by atomic mass is 32.2. The lowest BCUT2D eigenvalue weighted by atomic mass is 10.0. The zero-order valence-corrected chi connectivity index (χ0v) is 14.5. The van der Waals surface area contributed by atoms with Gasteiger partial charge in [0.2, 0.25) is 20.0 Å². The van der Waals surface area contributed by atoms with Gasteiger partial charge in [0.25, 0.3) is 0 Å². The van der Waals surface area contributed by atoms with E-state index in [9.17, 15) is 16.8 Å². The molecule has 0 amide bonds. The predicted octanol–water partition coefficient (Wildman–Crippen LogP) is 1.08. The maximum absolute atomic E-state index is 12.3. The Bertz CT molecular complexity index is 742. The van der Waals surface area contributed by atoms with E-state index in [0.717, 1.165) is 17.5 Å². The van der Waals surface area contributed by atoms with Crippen LogP contribution in [0.25, 0.3) is 0 Å². The minimum atomic E-state index is -3.52. The molecule has 1 N–H and O–H groups in total. The molecule has 1 aromatic carbocycles. The molecule has 6 nitrogen and oxygen atoms in total. The van der Waals surface area contributed by atoms with Gasteiger partial charge in [0.15, 0.2) is 0 Å². The molecule has 1 aromatic rings. The Morgan fingerprint density at radius 3 is 2.55 bits per heavy atom. The molecule has 0 atom stereocenters. The summed E-state index contributed by atoms with van der Waals surface area (Å²) in [6.07, 6.45) is 2.08. The van der Waals surface area contributed by atoms with Crippen LogP contribution < -0.4 is 4.72 Å². The van der Waals surface area contributed by atoms with Gasteiger partial charge in [-0.25, -0.2) is 21.6 Å². The quantitative estimate of drug-likeness (QED) is 0.835. The fourth-order valence-electron chi connectivity index (χ4n) is 2.49. The van der Waals surface area contributed by atoms with Gasteiger partial charge < -0.3 is 0 Å². The summed E-state index contributed by atoms with van der Waals surface area (Å²) >= 11 is 0. The molecule has 0 radical (unpaired) electrons. The Balaban J connectivity index is 2.28. The van der Waals surface area contributed by atoms with Gasteiger partial charge in [-0.1, -0.05) is 19.4 Å². The van der Waals surface area contributed by atoms with Crippen LogP contribution in [0.4, 0.5) is 0 Å². The van der Waals surface area contributed by atoms with Crippen molar-refractivity contribution in [1.29, 1.82) is 0 Å². The van der Waals surface area contributed by atoms with Gasteiger partial charge in [-0.3, -0.25) is 0 Å². The average molecular weight is 346 g/mol. The van der Waals surface area contributed by atoms with E-state index in [0.29, 0.717) is 19.4 Å². The molecule has 124 valence electrons. The van der Waals surface area contributed by atoms with Crippen LogP contribution in [0.5, 0.6) is 0 Å². The van der Waals surface area contributed by atoms with Crippen LogP contribution in [0.3, 0.4) is 0 Å². The molecular weight excluding hydrogens is 324 g/mol.